The second-order valence-electron chi connectivity index (χ2n) is 10.9. The molecular weight excluding hydrogens is 960 g/mol. The third-order valence-electron chi connectivity index (χ3n) is 8.00. The molecule has 0 fully saturated rings. The summed E-state index contributed by atoms with van der Waals surface area (Å²) in [6, 6.07) is 0. The Morgan fingerprint density at radius 1 is 0.370 bits per heavy atom. The number of hydrogen-bond acceptors (Lipinski definition) is 6. The van der Waals surface area contributed by atoms with E-state index in [4.69, 9.17) is 14.2 Å². The lowest BCUT2D eigenvalue weighted by molar-refractivity contribution is 0.0461. The van der Waals surface area contributed by atoms with Crippen LogP contribution in [0.25, 0.3) is 0 Å². The molecule has 54 heavy (non-hydrogen) atoms. The van der Waals surface area contributed by atoms with E-state index in [1.54, 1.807) is 0 Å². The molecule has 0 radical (unpaired) electrons. The summed E-state index contributed by atoms with van der Waals surface area (Å²) in [5, 5.41) is 0. The molecule has 0 saturated heterocycles. The van der Waals surface area contributed by atoms with Gasteiger partial charge in [-0.3, -0.25) is 0 Å². The van der Waals surface area contributed by atoms with Gasteiger partial charge < -0.3 is 14.2 Å². The minimum Gasteiger partial charge on any atom is -0.457 e. The van der Waals surface area contributed by atoms with Crippen molar-refractivity contribution in [1.82, 2.24) is 0 Å². The molecule has 288 valence electrons. The van der Waals surface area contributed by atoms with E-state index in [1.165, 1.54) is 20.8 Å². The summed E-state index contributed by atoms with van der Waals surface area (Å²) in [6.07, 6.45) is 0. The van der Waals surface area contributed by atoms with Crippen LogP contribution in [-0.4, -0.2) is 17.9 Å². The Morgan fingerprint density at radius 3 is 0.759 bits per heavy atom. The zero-order chi connectivity index (χ0) is 40.8. The number of ether oxygens (including phenoxy) is 3. The van der Waals surface area contributed by atoms with Crippen LogP contribution in [-0.2, 0) is 34.0 Å². The Labute approximate surface area is 319 Å². The molecule has 0 heterocycles. The van der Waals surface area contributed by atoms with Gasteiger partial charge in [-0.05, 0) is 102 Å². The van der Waals surface area contributed by atoms with Gasteiger partial charge in [0.2, 0.25) is 0 Å². The van der Waals surface area contributed by atoms with E-state index in [9.17, 15) is 67.1 Å². The fourth-order valence-electron chi connectivity index (χ4n) is 5.02. The lowest BCUT2D eigenvalue weighted by Gasteiger charge is -2.23. The van der Waals surface area contributed by atoms with Crippen molar-refractivity contribution in [2.24, 2.45) is 0 Å². The smallest absolute Gasteiger partial charge is 0.342 e. The fourth-order valence-corrected chi connectivity index (χ4v) is 6.55. The number of halogens is 15. The molecule has 21 heteroatoms. The largest absolute Gasteiger partial charge is 0.457 e. The van der Waals surface area contributed by atoms with Gasteiger partial charge in [0.1, 0.15) is 36.5 Å². The van der Waals surface area contributed by atoms with Crippen molar-refractivity contribution in [2.45, 2.75) is 40.6 Å². The van der Waals surface area contributed by atoms with Crippen LogP contribution in [0.4, 0.5) is 52.7 Å². The highest BCUT2D eigenvalue weighted by molar-refractivity contribution is 9.11. The quantitative estimate of drug-likeness (QED) is 0.0547. The molecule has 0 aliphatic heterocycles. The maximum Gasteiger partial charge on any atom is 0.342 e. The zero-order valence-corrected chi connectivity index (χ0v) is 31.5. The number of benzene rings is 4. The van der Waals surface area contributed by atoms with Gasteiger partial charge in [0.05, 0.1) is 13.4 Å². The average molecular weight is 975 g/mol. The van der Waals surface area contributed by atoms with Crippen LogP contribution in [0, 0.1) is 90.6 Å². The third-order valence-corrected chi connectivity index (χ3v) is 10.2. The Kier molecular flexibility index (Phi) is 12.9. The lowest BCUT2D eigenvalue weighted by Crippen LogP contribution is -2.18. The molecular formula is C33H15Br3F12O6. The average Bonchev–Trinajstić information content (AvgIpc) is 3.12. The molecule has 0 bridgehead atoms. The first-order valence-electron chi connectivity index (χ1n) is 14.2. The first-order chi connectivity index (χ1) is 25.1. The normalized spacial score (nSPS) is 11.2. The zero-order valence-electron chi connectivity index (χ0n) is 26.7. The number of carbonyl (C=O) groups excluding carboxylic acids is 3. The SMILES string of the molecule is Cc1c(COC(=O)c2c(F)c(F)c(F)c(F)c2Br)c(C)c(COC(=O)c2c(F)c(F)c(F)c(F)c2Br)c(C)c1COC(=O)c1c(F)c(F)c(F)c(F)c1Br. The van der Waals surface area contributed by atoms with Crippen LogP contribution in [0.2, 0.25) is 0 Å². The second-order valence-corrected chi connectivity index (χ2v) is 13.3. The standard InChI is InChI=1S/C33H15Br3F12O6/c1-7-10(4-52-31(49)13-16(34)22(40)28(46)25(43)19(13)37)8(2)12(6-54-33(51)15-18(36)24(42)30(48)27(45)21(15)39)9(3)11(7)5-53-32(50)14-17(35)23(41)29(47)26(44)20(14)38/h4-6H2,1-3H3. The minimum atomic E-state index is -2.36. The minimum absolute atomic E-state index is 0.0316. The summed E-state index contributed by atoms with van der Waals surface area (Å²) >= 11 is 7.33. The lowest BCUT2D eigenvalue weighted by atomic mass is 9.89. The van der Waals surface area contributed by atoms with Crippen molar-refractivity contribution in [1.29, 1.82) is 0 Å². The van der Waals surface area contributed by atoms with Crippen LogP contribution < -0.4 is 0 Å². The topological polar surface area (TPSA) is 78.9 Å². The molecule has 0 N–H and O–H groups in total. The van der Waals surface area contributed by atoms with Gasteiger partial charge in [0.15, 0.2) is 69.8 Å². The molecule has 6 nitrogen and oxygen atoms in total. The molecule has 0 unspecified atom stereocenters. The fraction of sp³-hybridized carbons (Fsp3) is 0.182. The summed E-state index contributed by atoms with van der Waals surface area (Å²) in [6.45, 7) is 1.07. The Hall–Kier alpha value is -4.11. The maximum atomic E-state index is 14.5. The predicted molar refractivity (Wildman–Crippen MR) is 170 cm³/mol. The molecule has 0 amide bonds. The molecule has 0 aliphatic rings. The number of esters is 3. The molecule has 0 aliphatic carbocycles. The van der Waals surface area contributed by atoms with E-state index in [1.807, 2.05) is 0 Å². The Balaban J connectivity index is 1.78. The van der Waals surface area contributed by atoms with Crippen LogP contribution in [0.3, 0.4) is 0 Å². The summed E-state index contributed by atoms with van der Waals surface area (Å²) < 4.78 is 180. The number of hydrogen-bond donors (Lipinski definition) is 0. The molecule has 0 aromatic heterocycles. The first kappa shape index (κ1) is 42.6. The van der Waals surface area contributed by atoms with Crippen molar-refractivity contribution in [3.8, 4) is 0 Å². The van der Waals surface area contributed by atoms with E-state index in [0.717, 1.165) is 0 Å². The summed E-state index contributed by atoms with van der Waals surface area (Å²) in [7, 11) is 0. The van der Waals surface area contributed by atoms with Crippen LogP contribution in [0.5, 0.6) is 0 Å². The van der Waals surface area contributed by atoms with Gasteiger partial charge in [0, 0.05) is 0 Å². The van der Waals surface area contributed by atoms with E-state index in [2.05, 4.69) is 47.8 Å². The number of rotatable bonds is 9. The molecule has 0 spiro atoms. The van der Waals surface area contributed by atoms with E-state index < -0.39 is 138 Å². The summed E-state index contributed by atoms with van der Waals surface area (Å²) in [4.78, 5) is 38.5. The van der Waals surface area contributed by atoms with Gasteiger partial charge >= 0.3 is 17.9 Å². The molecule has 0 atom stereocenters. The molecule has 4 rings (SSSR count). The third kappa shape index (κ3) is 7.45. The van der Waals surface area contributed by atoms with E-state index in [-0.39, 0.29) is 33.4 Å². The highest BCUT2D eigenvalue weighted by atomic mass is 79.9. The Morgan fingerprint density at radius 2 is 0.556 bits per heavy atom. The predicted octanol–water partition coefficient (Wildman–Crippen LogP) is 10.6. The second kappa shape index (κ2) is 16.3. The van der Waals surface area contributed by atoms with Gasteiger partial charge in [-0.25, -0.2) is 67.1 Å². The monoisotopic (exact) mass is 972 g/mol. The van der Waals surface area contributed by atoms with Gasteiger partial charge in [0.25, 0.3) is 0 Å². The van der Waals surface area contributed by atoms with Crippen molar-refractivity contribution in [3.05, 3.63) is 133 Å². The highest BCUT2D eigenvalue weighted by Gasteiger charge is 2.33. The molecule has 4 aromatic carbocycles. The van der Waals surface area contributed by atoms with Crippen molar-refractivity contribution in [3.63, 3.8) is 0 Å². The maximum absolute atomic E-state index is 14.5. The summed E-state index contributed by atoms with van der Waals surface area (Å²) in [5.41, 5.74) is -4.45. The molecule has 0 saturated carbocycles. The van der Waals surface area contributed by atoms with Gasteiger partial charge in [-0.1, -0.05) is 0 Å². The Bertz CT molecular complexity index is 1940. The van der Waals surface area contributed by atoms with E-state index in [0.29, 0.717) is 0 Å². The van der Waals surface area contributed by atoms with Crippen LogP contribution in [0.1, 0.15) is 64.5 Å². The highest BCUT2D eigenvalue weighted by Crippen LogP contribution is 2.35. The summed E-state index contributed by atoms with van der Waals surface area (Å²) in [5.74, 6) is -31.4. The van der Waals surface area contributed by atoms with Crippen LogP contribution in [0.15, 0.2) is 13.4 Å². The van der Waals surface area contributed by atoms with Crippen LogP contribution >= 0.6 is 47.8 Å². The van der Waals surface area contributed by atoms with Gasteiger partial charge in [-0.2, -0.15) is 0 Å². The number of carbonyl (C=O) groups is 3. The molecule has 4 aromatic rings. The van der Waals surface area contributed by atoms with Crippen molar-refractivity contribution >= 4 is 65.7 Å². The van der Waals surface area contributed by atoms with E-state index >= 15 is 0 Å². The van der Waals surface area contributed by atoms with Crippen molar-refractivity contribution < 1.29 is 81.3 Å². The van der Waals surface area contributed by atoms with Gasteiger partial charge in [-0.15, -0.1) is 0 Å². The first-order valence-corrected chi connectivity index (χ1v) is 16.6. The van der Waals surface area contributed by atoms with Crippen molar-refractivity contribution in [2.75, 3.05) is 0 Å².